The van der Waals surface area contributed by atoms with E-state index < -0.39 is 0 Å². The van der Waals surface area contributed by atoms with Gasteiger partial charge in [-0.3, -0.25) is 0 Å². The van der Waals surface area contributed by atoms with Crippen LogP contribution >= 0.6 is 0 Å². The van der Waals surface area contributed by atoms with Crippen molar-refractivity contribution in [3.8, 4) is 0 Å². The van der Waals surface area contributed by atoms with E-state index in [1.165, 1.54) is 58.0 Å². The Labute approximate surface area is 116 Å². The van der Waals surface area contributed by atoms with Crippen molar-refractivity contribution in [1.82, 2.24) is 5.32 Å². The molecule has 102 valence electrons. The number of rotatable bonds is 1. The quantitative estimate of drug-likeness (QED) is 0.699. The number of hydrogen-bond donors (Lipinski definition) is 1. The molecule has 0 aromatic rings. The van der Waals surface area contributed by atoms with E-state index in [0.29, 0.717) is 10.8 Å². The Morgan fingerprint density at radius 2 is 2.16 bits per heavy atom. The van der Waals surface area contributed by atoms with Gasteiger partial charge in [0.15, 0.2) is 0 Å². The second-order valence-electron chi connectivity index (χ2n) is 7.38. The van der Waals surface area contributed by atoms with E-state index in [2.05, 4.69) is 35.7 Å². The first-order chi connectivity index (χ1) is 9.29. The minimum absolute atomic E-state index is 0.518. The Bertz CT molecular complexity index is 450. The van der Waals surface area contributed by atoms with Crippen molar-refractivity contribution < 1.29 is 0 Å². The zero-order valence-electron chi connectivity index (χ0n) is 11.8. The molecule has 3 atom stereocenters. The van der Waals surface area contributed by atoms with E-state index in [1.807, 2.05) is 5.57 Å². The zero-order valence-corrected chi connectivity index (χ0v) is 11.8. The molecule has 1 saturated heterocycles. The molecule has 1 heterocycles. The molecule has 2 spiro atoms. The van der Waals surface area contributed by atoms with Gasteiger partial charge < -0.3 is 5.32 Å². The van der Waals surface area contributed by atoms with Gasteiger partial charge in [-0.15, -0.1) is 0 Å². The summed E-state index contributed by atoms with van der Waals surface area (Å²) in [4.78, 5) is 0. The topological polar surface area (TPSA) is 12.0 Å². The Kier molecular flexibility index (Phi) is 2.73. The normalized spacial score (nSPS) is 44.6. The molecule has 1 heteroatoms. The Balaban J connectivity index is 1.45. The summed E-state index contributed by atoms with van der Waals surface area (Å²) >= 11 is 0. The Hall–Kier alpha value is -0.820. The lowest BCUT2D eigenvalue weighted by atomic mass is 9.77. The van der Waals surface area contributed by atoms with Crippen LogP contribution in [0, 0.1) is 16.7 Å². The number of allylic oxidation sites excluding steroid dienone is 6. The van der Waals surface area contributed by atoms with Gasteiger partial charge in [-0.1, -0.05) is 36.0 Å². The van der Waals surface area contributed by atoms with E-state index in [0.717, 1.165) is 5.92 Å². The smallest absolute Gasteiger partial charge is 0.00143 e. The van der Waals surface area contributed by atoms with E-state index >= 15 is 0 Å². The van der Waals surface area contributed by atoms with Gasteiger partial charge >= 0.3 is 0 Å². The van der Waals surface area contributed by atoms with Gasteiger partial charge in [0.2, 0.25) is 0 Å². The van der Waals surface area contributed by atoms with E-state index in [-0.39, 0.29) is 0 Å². The Morgan fingerprint density at radius 1 is 1.16 bits per heavy atom. The maximum Gasteiger partial charge on any atom is 0.00143 e. The van der Waals surface area contributed by atoms with Crippen LogP contribution in [0.15, 0.2) is 36.0 Å². The molecule has 1 aliphatic heterocycles. The fourth-order valence-electron chi connectivity index (χ4n) is 4.88. The third kappa shape index (κ3) is 2.03. The van der Waals surface area contributed by atoms with Crippen LogP contribution in [0.3, 0.4) is 0 Å². The lowest BCUT2D eigenvalue weighted by molar-refractivity contribution is 0.333. The first-order valence-corrected chi connectivity index (χ1v) is 8.03. The molecule has 4 aliphatic rings. The predicted octanol–water partition coefficient (Wildman–Crippen LogP) is 3.99. The van der Waals surface area contributed by atoms with Crippen LogP contribution in [0.4, 0.5) is 0 Å². The van der Waals surface area contributed by atoms with E-state index in [4.69, 9.17) is 0 Å². The maximum absolute atomic E-state index is 3.57. The van der Waals surface area contributed by atoms with Crippen LogP contribution in [-0.4, -0.2) is 13.1 Å². The molecule has 0 bridgehead atoms. The summed E-state index contributed by atoms with van der Waals surface area (Å²) < 4.78 is 0. The van der Waals surface area contributed by atoms with Gasteiger partial charge in [0.05, 0.1) is 0 Å². The minimum atomic E-state index is 0.518. The van der Waals surface area contributed by atoms with Gasteiger partial charge in [-0.2, -0.15) is 0 Å². The number of nitrogens with one attached hydrogen (secondary N) is 1. The highest BCUT2D eigenvalue weighted by molar-refractivity contribution is 5.25. The summed E-state index contributed by atoms with van der Waals surface area (Å²) in [7, 11) is 0. The molecule has 3 aliphatic carbocycles. The number of hydrogen-bond acceptors (Lipinski definition) is 1. The second kappa shape index (κ2) is 4.34. The van der Waals surface area contributed by atoms with Gasteiger partial charge in [0.25, 0.3) is 0 Å². The standard InChI is InChI=1S/C18H25N/c1-2-6-17(7-3-1)8-4-15(12-17)16-5-9-18(13-16)10-11-19-14-18/h1-3,5-6,15,19H,4,7-14H2. The molecule has 3 unspecified atom stereocenters. The van der Waals surface area contributed by atoms with Crippen LogP contribution in [0.2, 0.25) is 0 Å². The SMILES string of the molecule is C1=CCC2(C=C1)CCC(C1=CCC3(CCNC3)C1)C2. The van der Waals surface area contributed by atoms with Gasteiger partial charge in [0.1, 0.15) is 0 Å². The van der Waals surface area contributed by atoms with Crippen LogP contribution in [0.5, 0.6) is 0 Å². The van der Waals surface area contributed by atoms with Crippen molar-refractivity contribution in [3.63, 3.8) is 0 Å². The van der Waals surface area contributed by atoms with Crippen LogP contribution in [0.1, 0.15) is 44.9 Å². The van der Waals surface area contributed by atoms with Crippen LogP contribution in [-0.2, 0) is 0 Å². The highest BCUT2D eigenvalue weighted by atomic mass is 14.9. The van der Waals surface area contributed by atoms with E-state index in [9.17, 15) is 0 Å². The van der Waals surface area contributed by atoms with Crippen molar-refractivity contribution in [1.29, 1.82) is 0 Å². The van der Waals surface area contributed by atoms with Crippen LogP contribution in [0.25, 0.3) is 0 Å². The molecular formula is C18H25N. The monoisotopic (exact) mass is 255 g/mol. The molecule has 4 rings (SSSR count). The molecule has 1 saturated carbocycles. The van der Waals surface area contributed by atoms with Crippen molar-refractivity contribution in [2.45, 2.75) is 44.9 Å². The third-order valence-corrected chi connectivity index (χ3v) is 6.10. The Morgan fingerprint density at radius 3 is 2.95 bits per heavy atom. The van der Waals surface area contributed by atoms with Gasteiger partial charge in [-0.05, 0) is 68.2 Å². The summed E-state index contributed by atoms with van der Waals surface area (Å²) in [6, 6.07) is 0. The highest BCUT2D eigenvalue weighted by Crippen LogP contribution is 2.53. The second-order valence-corrected chi connectivity index (χ2v) is 7.38. The molecule has 0 aromatic carbocycles. The molecule has 0 aromatic heterocycles. The molecule has 2 fully saturated rings. The largest absolute Gasteiger partial charge is 0.316 e. The first kappa shape index (κ1) is 12.0. The van der Waals surface area contributed by atoms with Gasteiger partial charge in [-0.25, -0.2) is 0 Å². The molecule has 1 N–H and O–H groups in total. The highest BCUT2D eigenvalue weighted by Gasteiger charge is 2.43. The predicted molar refractivity (Wildman–Crippen MR) is 79.9 cm³/mol. The van der Waals surface area contributed by atoms with Crippen molar-refractivity contribution in [2.24, 2.45) is 16.7 Å². The third-order valence-electron chi connectivity index (χ3n) is 6.10. The summed E-state index contributed by atoms with van der Waals surface area (Å²) in [6.07, 6.45) is 21.6. The summed E-state index contributed by atoms with van der Waals surface area (Å²) in [6.45, 7) is 2.50. The average molecular weight is 255 g/mol. The summed E-state index contributed by atoms with van der Waals surface area (Å²) in [5.74, 6) is 0.885. The van der Waals surface area contributed by atoms with E-state index in [1.54, 1.807) is 0 Å². The zero-order chi connectivity index (χ0) is 12.8. The lowest BCUT2D eigenvalue weighted by Crippen LogP contribution is -2.21. The summed E-state index contributed by atoms with van der Waals surface area (Å²) in [5.41, 5.74) is 2.95. The molecule has 19 heavy (non-hydrogen) atoms. The molecule has 0 amide bonds. The average Bonchev–Trinajstić information content (AvgIpc) is 3.14. The molecule has 0 radical (unpaired) electrons. The maximum atomic E-state index is 3.57. The van der Waals surface area contributed by atoms with Crippen molar-refractivity contribution in [3.05, 3.63) is 36.0 Å². The first-order valence-electron chi connectivity index (χ1n) is 8.03. The minimum Gasteiger partial charge on any atom is -0.316 e. The van der Waals surface area contributed by atoms with Crippen molar-refractivity contribution >= 4 is 0 Å². The van der Waals surface area contributed by atoms with Gasteiger partial charge in [0, 0.05) is 6.54 Å². The fourth-order valence-corrected chi connectivity index (χ4v) is 4.88. The van der Waals surface area contributed by atoms with Crippen molar-refractivity contribution in [2.75, 3.05) is 13.1 Å². The summed E-state index contributed by atoms with van der Waals surface area (Å²) in [5, 5.41) is 3.57. The van der Waals surface area contributed by atoms with Crippen LogP contribution < -0.4 is 5.32 Å². The molecule has 1 nitrogen and oxygen atoms in total. The fraction of sp³-hybridized carbons (Fsp3) is 0.667. The lowest BCUT2D eigenvalue weighted by Gasteiger charge is -2.27. The molecular weight excluding hydrogens is 230 g/mol.